The fraction of sp³-hybridized carbons (Fsp3) is 0.368. The fourth-order valence-electron chi connectivity index (χ4n) is 4.09. The molecule has 0 amide bonds. The highest BCUT2D eigenvalue weighted by molar-refractivity contribution is 5.94. The Morgan fingerprint density at radius 1 is 1.11 bits per heavy atom. The van der Waals surface area contributed by atoms with Gasteiger partial charge >= 0.3 is 5.69 Å². The number of fused-ring (bicyclic) bond motifs is 1. The fourth-order valence-corrected chi connectivity index (χ4v) is 4.09. The van der Waals surface area contributed by atoms with Crippen LogP contribution in [0.2, 0.25) is 0 Å². The monoisotopic (exact) mass is 368 g/mol. The summed E-state index contributed by atoms with van der Waals surface area (Å²) in [5, 5.41) is 11.7. The van der Waals surface area contributed by atoms with Gasteiger partial charge in [0.2, 0.25) is 0 Å². The molecular formula is C19H20N4O4. The van der Waals surface area contributed by atoms with Crippen molar-refractivity contribution in [1.82, 2.24) is 13.7 Å². The zero-order valence-electron chi connectivity index (χ0n) is 15.2. The molecule has 2 heterocycles. The predicted octanol–water partition coefficient (Wildman–Crippen LogP) is 2.73. The number of non-ortho nitro benzene ring substituents is 1. The lowest BCUT2D eigenvalue weighted by Gasteiger charge is -2.16. The third-order valence-electron chi connectivity index (χ3n) is 5.51. The second-order valence-corrected chi connectivity index (χ2v) is 7.10. The molecule has 0 atom stereocenters. The Labute approximate surface area is 154 Å². The SMILES string of the molecule is Cn1c(=O)c2c(-c3cccc([N+](=O)[O-])c3)n(C3CCCC3)cc2n(C)c1=O. The molecule has 4 rings (SSSR count). The number of benzene rings is 1. The van der Waals surface area contributed by atoms with Crippen molar-refractivity contribution in [1.29, 1.82) is 0 Å². The Hall–Kier alpha value is -3.16. The maximum absolute atomic E-state index is 12.9. The van der Waals surface area contributed by atoms with Crippen molar-refractivity contribution in [3.05, 3.63) is 61.4 Å². The van der Waals surface area contributed by atoms with Crippen LogP contribution >= 0.6 is 0 Å². The summed E-state index contributed by atoms with van der Waals surface area (Å²) in [6.45, 7) is 0. The van der Waals surface area contributed by atoms with E-state index in [1.807, 2.05) is 10.8 Å². The average Bonchev–Trinajstić information content (AvgIpc) is 3.32. The molecule has 0 N–H and O–H groups in total. The molecule has 1 fully saturated rings. The van der Waals surface area contributed by atoms with Crippen LogP contribution in [0.1, 0.15) is 31.7 Å². The van der Waals surface area contributed by atoms with Crippen molar-refractivity contribution < 1.29 is 4.92 Å². The molecule has 1 saturated carbocycles. The molecule has 0 saturated heterocycles. The van der Waals surface area contributed by atoms with Gasteiger partial charge in [0.05, 0.1) is 21.5 Å². The van der Waals surface area contributed by atoms with E-state index in [4.69, 9.17) is 0 Å². The van der Waals surface area contributed by atoms with E-state index in [0.29, 0.717) is 22.2 Å². The Balaban J connectivity index is 2.12. The summed E-state index contributed by atoms with van der Waals surface area (Å²) < 4.78 is 4.59. The topological polar surface area (TPSA) is 92.1 Å². The van der Waals surface area contributed by atoms with Gasteiger partial charge in [0.1, 0.15) is 0 Å². The molecule has 0 aliphatic heterocycles. The minimum Gasteiger partial charge on any atom is -0.342 e. The van der Waals surface area contributed by atoms with E-state index in [2.05, 4.69) is 0 Å². The van der Waals surface area contributed by atoms with Crippen LogP contribution in [-0.4, -0.2) is 18.6 Å². The molecular weight excluding hydrogens is 348 g/mol. The Morgan fingerprint density at radius 3 is 2.48 bits per heavy atom. The van der Waals surface area contributed by atoms with Gasteiger partial charge in [0.25, 0.3) is 11.2 Å². The van der Waals surface area contributed by atoms with Crippen molar-refractivity contribution in [2.45, 2.75) is 31.7 Å². The van der Waals surface area contributed by atoms with Crippen LogP contribution in [0, 0.1) is 10.1 Å². The number of nitrogens with zero attached hydrogens (tertiary/aromatic N) is 4. The van der Waals surface area contributed by atoms with Crippen molar-refractivity contribution in [2.24, 2.45) is 14.1 Å². The Morgan fingerprint density at radius 2 is 1.81 bits per heavy atom. The molecule has 0 spiro atoms. The summed E-state index contributed by atoms with van der Waals surface area (Å²) in [5.74, 6) is 0. The van der Waals surface area contributed by atoms with Gasteiger partial charge in [-0.2, -0.15) is 0 Å². The van der Waals surface area contributed by atoms with E-state index in [0.717, 1.165) is 30.3 Å². The second-order valence-electron chi connectivity index (χ2n) is 7.10. The van der Waals surface area contributed by atoms with Gasteiger partial charge in [-0.15, -0.1) is 0 Å². The number of aryl methyl sites for hydroxylation is 1. The zero-order valence-corrected chi connectivity index (χ0v) is 15.2. The normalized spacial score (nSPS) is 14.9. The summed E-state index contributed by atoms with van der Waals surface area (Å²) in [7, 11) is 3.09. The lowest BCUT2D eigenvalue weighted by Crippen LogP contribution is -2.36. The summed E-state index contributed by atoms with van der Waals surface area (Å²) in [6.07, 6.45) is 6.02. The minimum atomic E-state index is -0.442. The van der Waals surface area contributed by atoms with E-state index >= 15 is 0 Å². The summed E-state index contributed by atoms with van der Waals surface area (Å²) in [4.78, 5) is 36.1. The first-order valence-electron chi connectivity index (χ1n) is 8.95. The standard InChI is InChI=1S/C19H20N4O4/c1-20-15-11-22(13-7-3-4-8-13)17(16(15)18(24)21(2)19(20)25)12-6-5-9-14(10-12)23(26)27/h5-6,9-11,13H,3-4,7-8H2,1-2H3. The van der Waals surface area contributed by atoms with Crippen molar-refractivity contribution >= 4 is 16.6 Å². The van der Waals surface area contributed by atoms with Crippen molar-refractivity contribution in [3.63, 3.8) is 0 Å². The van der Waals surface area contributed by atoms with Gasteiger partial charge in [0, 0.05) is 44.0 Å². The molecule has 0 bridgehead atoms. The highest BCUT2D eigenvalue weighted by atomic mass is 16.6. The first-order valence-corrected chi connectivity index (χ1v) is 8.95. The highest BCUT2D eigenvalue weighted by Gasteiger charge is 2.26. The maximum atomic E-state index is 12.9. The molecule has 0 unspecified atom stereocenters. The number of nitro groups is 1. The second kappa shape index (κ2) is 6.22. The minimum absolute atomic E-state index is 0.0264. The summed E-state index contributed by atoms with van der Waals surface area (Å²) in [5.41, 5.74) is 1.02. The molecule has 1 aromatic carbocycles. The van der Waals surface area contributed by atoms with Gasteiger partial charge in [-0.3, -0.25) is 24.0 Å². The summed E-state index contributed by atoms with van der Waals surface area (Å²) >= 11 is 0. The van der Waals surface area contributed by atoms with Gasteiger partial charge in [0.15, 0.2) is 0 Å². The number of hydrogen-bond donors (Lipinski definition) is 0. The van der Waals surface area contributed by atoms with E-state index in [-0.39, 0.29) is 23.0 Å². The zero-order chi connectivity index (χ0) is 19.3. The van der Waals surface area contributed by atoms with E-state index in [9.17, 15) is 19.7 Å². The molecule has 140 valence electrons. The molecule has 8 nitrogen and oxygen atoms in total. The number of aromatic nitrogens is 3. The van der Waals surface area contributed by atoms with Crippen LogP contribution in [0.4, 0.5) is 5.69 Å². The Bertz CT molecular complexity index is 1180. The number of hydrogen-bond acceptors (Lipinski definition) is 4. The molecule has 2 aromatic heterocycles. The van der Waals surface area contributed by atoms with Gasteiger partial charge in [-0.05, 0) is 12.8 Å². The first kappa shape index (κ1) is 17.3. The maximum Gasteiger partial charge on any atom is 0.330 e. The summed E-state index contributed by atoms with van der Waals surface area (Å²) in [6, 6.07) is 6.54. The lowest BCUT2D eigenvalue weighted by molar-refractivity contribution is -0.384. The quantitative estimate of drug-likeness (QED) is 0.525. The lowest BCUT2D eigenvalue weighted by atomic mass is 10.1. The van der Waals surface area contributed by atoms with E-state index in [1.165, 1.54) is 23.7 Å². The van der Waals surface area contributed by atoms with Crippen LogP contribution in [-0.2, 0) is 14.1 Å². The molecule has 0 radical (unpaired) electrons. The third-order valence-corrected chi connectivity index (χ3v) is 5.51. The molecule has 1 aliphatic carbocycles. The van der Waals surface area contributed by atoms with Crippen LogP contribution < -0.4 is 11.2 Å². The van der Waals surface area contributed by atoms with Crippen molar-refractivity contribution in [2.75, 3.05) is 0 Å². The van der Waals surface area contributed by atoms with E-state index in [1.54, 1.807) is 19.2 Å². The number of nitro benzene ring substituents is 1. The van der Waals surface area contributed by atoms with E-state index < -0.39 is 4.92 Å². The molecule has 1 aliphatic rings. The largest absolute Gasteiger partial charge is 0.342 e. The highest BCUT2D eigenvalue weighted by Crippen LogP contribution is 2.38. The van der Waals surface area contributed by atoms with Crippen LogP contribution in [0.25, 0.3) is 22.2 Å². The third kappa shape index (κ3) is 2.59. The van der Waals surface area contributed by atoms with Crippen LogP contribution in [0.5, 0.6) is 0 Å². The Kier molecular flexibility index (Phi) is 3.98. The van der Waals surface area contributed by atoms with Gasteiger partial charge in [-0.25, -0.2) is 4.79 Å². The van der Waals surface area contributed by atoms with Gasteiger partial charge in [-0.1, -0.05) is 25.0 Å². The molecule has 3 aromatic rings. The predicted molar refractivity (Wildman–Crippen MR) is 102 cm³/mol. The molecule has 27 heavy (non-hydrogen) atoms. The van der Waals surface area contributed by atoms with Crippen LogP contribution in [0.15, 0.2) is 40.1 Å². The smallest absolute Gasteiger partial charge is 0.330 e. The van der Waals surface area contributed by atoms with Crippen molar-refractivity contribution in [3.8, 4) is 11.3 Å². The first-order chi connectivity index (χ1) is 12.9. The van der Waals surface area contributed by atoms with Gasteiger partial charge < -0.3 is 4.57 Å². The average molecular weight is 368 g/mol. The molecule has 8 heteroatoms. The van der Waals surface area contributed by atoms with Crippen LogP contribution in [0.3, 0.4) is 0 Å². The number of rotatable bonds is 3.